The molecule has 3 aliphatic carbocycles. The fourth-order valence-corrected chi connectivity index (χ4v) is 7.52. The van der Waals surface area contributed by atoms with Gasteiger partial charge in [-0.15, -0.1) is 6.58 Å². The molecular weight excluding hydrogens is 468 g/mol. The van der Waals surface area contributed by atoms with Crippen LogP contribution in [0.5, 0.6) is 0 Å². The van der Waals surface area contributed by atoms with Crippen LogP contribution in [-0.2, 0) is 9.47 Å². The quantitative estimate of drug-likeness (QED) is 0.259. The summed E-state index contributed by atoms with van der Waals surface area (Å²) < 4.78 is 11.5. The van der Waals surface area contributed by atoms with Gasteiger partial charge in [-0.1, -0.05) is 32.4 Å². The van der Waals surface area contributed by atoms with Crippen LogP contribution in [0.15, 0.2) is 23.8 Å². The van der Waals surface area contributed by atoms with Crippen LogP contribution in [0.4, 0.5) is 0 Å². The van der Waals surface area contributed by atoms with Crippen molar-refractivity contribution in [2.45, 2.75) is 108 Å². The zero-order valence-corrected chi connectivity index (χ0v) is 21.8. The molecule has 4 rings (SSSR count). The Labute approximate surface area is 213 Å². The first kappa shape index (κ1) is 28.1. The lowest BCUT2D eigenvalue weighted by atomic mass is 9.46. The van der Waals surface area contributed by atoms with Crippen molar-refractivity contribution in [3.05, 3.63) is 23.8 Å². The second-order valence-corrected chi connectivity index (χ2v) is 12.6. The molecule has 1 saturated carbocycles. The molecule has 0 aromatic carbocycles. The van der Waals surface area contributed by atoms with Crippen LogP contribution in [0.2, 0.25) is 0 Å². The van der Waals surface area contributed by atoms with E-state index in [4.69, 9.17) is 9.47 Å². The molecule has 2 fully saturated rings. The number of aliphatic hydroxyl groups excluding tert-OH is 6. The van der Waals surface area contributed by atoms with E-state index in [9.17, 15) is 35.7 Å². The first-order valence-electron chi connectivity index (χ1n) is 13.0. The number of aliphatic hydroxyl groups is 7. The normalized spacial score (nSPS) is 53.5. The molecule has 0 spiro atoms. The van der Waals surface area contributed by atoms with Crippen LogP contribution in [0, 0.1) is 22.2 Å². The molecular formula is C27H44O9. The Hall–Kier alpha value is -0.880. The highest BCUT2D eigenvalue weighted by Crippen LogP contribution is 2.63. The lowest BCUT2D eigenvalue weighted by molar-refractivity contribution is -0.337. The monoisotopic (exact) mass is 512 g/mol. The number of fused-ring (bicyclic) bond motifs is 2. The Morgan fingerprint density at radius 2 is 1.75 bits per heavy atom. The van der Waals surface area contributed by atoms with E-state index < -0.39 is 66.0 Å². The van der Waals surface area contributed by atoms with Crippen LogP contribution in [0.3, 0.4) is 0 Å². The Kier molecular flexibility index (Phi) is 7.34. The molecule has 7 N–H and O–H groups in total. The van der Waals surface area contributed by atoms with E-state index in [2.05, 4.69) is 20.4 Å². The highest BCUT2D eigenvalue weighted by atomic mass is 16.7. The number of rotatable bonds is 5. The van der Waals surface area contributed by atoms with Gasteiger partial charge in [-0.3, -0.25) is 0 Å². The first-order valence-corrected chi connectivity index (χ1v) is 13.0. The first-order chi connectivity index (χ1) is 16.6. The van der Waals surface area contributed by atoms with E-state index in [1.165, 1.54) is 6.92 Å². The van der Waals surface area contributed by atoms with Gasteiger partial charge in [0.1, 0.15) is 23.9 Å². The molecule has 0 aromatic rings. The summed E-state index contributed by atoms with van der Waals surface area (Å²) >= 11 is 0. The molecule has 9 nitrogen and oxygen atoms in total. The number of hydrogen-bond donors (Lipinski definition) is 7. The summed E-state index contributed by atoms with van der Waals surface area (Å²) in [6.45, 7) is 10.6. The van der Waals surface area contributed by atoms with Crippen molar-refractivity contribution in [2.75, 3.05) is 13.2 Å². The molecule has 12 unspecified atom stereocenters. The highest BCUT2D eigenvalue weighted by molar-refractivity contribution is 5.36. The van der Waals surface area contributed by atoms with Crippen molar-refractivity contribution >= 4 is 0 Å². The average Bonchev–Trinajstić information content (AvgIpc) is 2.83. The minimum atomic E-state index is -1.88. The van der Waals surface area contributed by atoms with Crippen molar-refractivity contribution in [1.82, 2.24) is 0 Å². The van der Waals surface area contributed by atoms with Crippen molar-refractivity contribution in [3.63, 3.8) is 0 Å². The predicted octanol–water partition coefficient (Wildman–Crippen LogP) is 0.385. The zero-order chi connectivity index (χ0) is 26.8. The summed E-state index contributed by atoms with van der Waals surface area (Å²) in [7, 11) is 0. The largest absolute Gasteiger partial charge is 0.394 e. The second-order valence-electron chi connectivity index (χ2n) is 12.6. The third-order valence-corrected chi connectivity index (χ3v) is 10.1. The Bertz CT molecular complexity index is 884. The van der Waals surface area contributed by atoms with E-state index in [1.807, 2.05) is 13.0 Å². The van der Waals surface area contributed by atoms with Gasteiger partial charge in [-0.2, -0.15) is 0 Å². The lowest BCUT2D eigenvalue weighted by Crippen LogP contribution is -2.67. The maximum atomic E-state index is 11.3. The Morgan fingerprint density at radius 1 is 1.08 bits per heavy atom. The summed E-state index contributed by atoms with van der Waals surface area (Å²) in [6.07, 6.45) is -3.57. The zero-order valence-electron chi connectivity index (χ0n) is 21.8. The fourth-order valence-electron chi connectivity index (χ4n) is 7.52. The maximum absolute atomic E-state index is 11.3. The van der Waals surface area contributed by atoms with E-state index in [0.717, 1.165) is 24.0 Å². The van der Waals surface area contributed by atoms with Crippen LogP contribution in [0.1, 0.15) is 59.8 Å². The summed E-state index contributed by atoms with van der Waals surface area (Å²) in [5.74, 6) is -0.243. The number of allylic oxidation sites excluding steroid dienone is 2. The molecule has 1 aliphatic heterocycles. The lowest BCUT2D eigenvalue weighted by Gasteiger charge is -2.61. The Balaban J connectivity index is 1.63. The topological polar surface area (TPSA) is 160 Å². The second kappa shape index (κ2) is 9.39. The summed E-state index contributed by atoms with van der Waals surface area (Å²) in [6, 6.07) is 0. The van der Waals surface area contributed by atoms with Crippen LogP contribution in [0.25, 0.3) is 0 Å². The van der Waals surface area contributed by atoms with Crippen LogP contribution < -0.4 is 0 Å². The molecule has 206 valence electrons. The third-order valence-electron chi connectivity index (χ3n) is 10.1. The van der Waals surface area contributed by atoms with Gasteiger partial charge in [0.05, 0.1) is 31.5 Å². The van der Waals surface area contributed by atoms with Gasteiger partial charge in [0, 0.05) is 5.41 Å². The van der Waals surface area contributed by atoms with Crippen molar-refractivity contribution in [2.24, 2.45) is 22.2 Å². The SMILES string of the molecule is C=CC1(C)CCC2=C(C1)C(O)CC1C2(C)CC(O)C(O)C1(C)COC1OC(CO)C(C)(O)C(O)C1O. The van der Waals surface area contributed by atoms with Crippen molar-refractivity contribution in [3.8, 4) is 0 Å². The molecule has 0 radical (unpaired) electrons. The molecule has 0 amide bonds. The van der Waals surface area contributed by atoms with Gasteiger partial charge in [-0.05, 0) is 61.3 Å². The van der Waals surface area contributed by atoms with Gasteiger partial charge in [0.25, 0.3) is 0 Å². The summed E-state index contributed by atoms with van der Waals surface area (Å²) in [5, 5.41) is 74.5. The summed E-state index contributed by atoms with van der Waals surface area (Å²) in [4.78, 5) is 0. The van der Waals surface area contributed by atoms with Crippen molar-refractivity contribution < 1.29 is 45.2 Å². The number of hydrogen-bond acceptors (Lipinski definition) is 9. The molecule has 1 heterocycles. The molecule has 12 atom stereocenters. The smallest absolute Gasteiger partial charge is 0.186 e. The van der Waals surface area contributed by atoms with Gasteiger partial charge < -0.3 is 45.2 Å². The fraction of sp³-hybridized carbons (Fsp3) is 0.852. The Morgan fingerprint density at radius 3 is 2.36 bits per heavy atom. The maximum Gasteiger partial charge on any atom is 0.186 e. The minimum absolute atomic E-state index is 0.0953. The third kappa shape index (κ3) is 4.21. The van der Waals surface area contributed by atoms with Crippen molar-refractivity contribution in [1.29, 1.82) is 0 Å². The minimum Gasteiger partial charge on any atom is -0.394 e. The van der Waals surface area contributed by atoms with Gasteiger partial charge in [0.15, 0.2) is 6.29 Å². The summed E-state index contributed by atoms with van der Waals surface area (Å²) in [5.41, 5.74) is -1.32. The van der Waals surface area contributed by atoms with E-state index in [-0.39, 0.29) is 17.9 Å². The van der Waals surface area contributed by atoms with E-state index in [1.54, 1.807) is 0 Å². The molecule has 0 bridgehead atoms. The predicted molar refractivity (Wildman–Crippen MR) is 130 cm³/mol. The molecule has 36 heavy (non-hydrogen) atoms. The van der Waals surface area contributed by atoms with Crippen LogP contribution >= 0.6 is 0 Å². The van der Waals surface area contributed by atoms with Gasteiger partial charge in [-0.25, -0.2) is 0 Å². The average molecular weight is 513 g/mol. The van der Waals surface area contributed by atoms with E-state index in [0.29, 0.717) is 19.3 Å². The molecule has 0 aromatic heterocycles. The number of ether oxygens (including phenoxy) is 2. The van der Waals surface area contributed by atoms with E-state index >= 15 is 0 Å². The van der Waals surface area contributed by atoms with Gasteiger partial charge in [0.2, 0.25) is 0 Å². The van der Waals surface area contributed by atoms with Crippen LogP contribution in [-0.4, -0.2) is 97.5 Å². The highest BCUT2D eigenvalue weighted by Gasteiger charge is 2.62. The standard InChI is InChI=1S/C27H44O9/c1-6-24(2)8-7-15-14(10-24)16(29)9-18-25(15,3)11-17(30)21(32)26(18,4)13-35-23-20(31)22(33)27(5,34)19(12-28)36-23/h6,16-23,28-34H,1,7-13H2,2-5H3. The van der Waals surface area contributed by atoms with Gasteiger partial charge >= 0.3 is 0 Å². The molecule has 1 saturated heterocycles. The molecule has 4 aliphatic rings. The molecule has 9 heteroatoms.